The van der Waals surface area contributed by atoms with Crippen molar-refractivity contribution >= 4 is 5.91 Å². The monoisotopic (exact) mass is 211 g/mol. The largest absolute Gasteiger partial charge is 0.359 e. The van der Waals surface area contributed by atoms with E-state index in [1.54, 1.807) is 18.1 Å². The van der Waals surface area contributed by atoms with Crippen molar-refractivity contribution in [2.75, 3.05) is 7.05 Å². The van der Waals surface area contributed by atoms with Crippen molar-refractivity contribution in [1.82, 2.24) is 20.1 Å². The molecule has 0 fully saturated rings. The molecule has 0 aliphatic carbocycles. The van der Waals surface area contributed by atoms with Crippen LogP contribution in [-0.2, 0) is 11.3 Å². The summed E-state index contributed by atoms with van der Waals surface area (Å²) in [7, 11) is 1.63. The molecule has 0 saturated carbocycles. The first-order valence-corrected chi connectivity index (χ1v) is 4.99. The van der Waals surface area contributed by atoms with E-state index >= 15 is 0 Å². The lowest BCUT2D eigenvalue weighted by molar-refractivity contribution is -0.120. The molecule has 1 amide bonds. The van der Waals surface area contributed by atoms with E-state index in [-0.39, 0.29) is 11.9 Å². The average molecular weight is 211 g/mol. The van der Waals surface area contributed by atoms with Crippen LogP contribution in [0, 0.1) is 0 Å². The maximum absolute atomic E-state index is 10.9. The van der Waals surface area contributed by atoms with Crippen molar-refractivity contribution in [1.29, 1.82) is 0 Å². The molecule has 0 aromatic carbocycles. The van der Waals surface area contributed by atoms with E-state index in [1.807, 2.05) is 6.92 Å². The molecule has 0 aliphatic rings. The van der Waals surface area contributed by atoms with E-state index in [9.17, 15) is 4.79 Å². The summed E-state index contributed by atoms with van der Waals surface area (Å²) in [4.78, 5) is 15.0. The number of amides is 1. The number of hydrogen-bond acceptors (Lipinski definition) is 4. The van der Waals surface area contributed by atoms with Crippen LogP contribution in [0.4, 0.5) is 0 Å². The van der Waals surface area contributed by atoms with Crippen molar-refractivity contribution in [2.24, 2.45) is 5.73 Å². The maximum atomic E-state index is 10.9. The van der Waals surface area contributed by atoms with Crippen molar-refractivity contribution in [3.8, 4) is 0 Å². The molecule has 1 rings (SSSR count). The van der Waals surface area contributed by atoms with Gasteiger partial charge in [0.15, 0.2) is 5.82 Å². The first-order valence-electron chi connectivity index (χ1n) is 4.99. The minimum Gasteiger partial charge on any atom is -0.359 e. The number of carbonyl (C=O) groups excluding carboxylic acids is 1. The van der Waals surface area contributed by atoms with Gasteiger partial charge in [-0.15, -0.1) is 0 Å². The summed E-state index contributed by atoms with van der Waals surface area (Å²) in [5.74, 6) is 0.678. The number of carbonyl (C=O) groups is 1. The Morgan fingerprint density at radius 2 is 2.47 bits per heavy atom. The molecule has 1 unspecified atom stereocenters. The van der Waals surface area contributed by atoms with Gasteiger partial charge in [-0.05, 0) is 13.3 Å². The Hall–Kier alpha value is -1.43. The Balaban J connectivity index is 2.34. The summed E-state index contributed by atoms with van der Waals surface area (Å²) in [6.45, 7) is 2.53. The second kappa shape index (κ2) is 5.45. The Kier molecular flexibility index (Phi) is 4.23. The van der Waals surface area contributed by atoms with Crippen molar-refractivity contribution in [3.05, 3.63) is 12.2 Å². The van der Waals surface area contributed by atoms with Crippen LogP contribution >= 0.6 is 0 Å². The first-order chi connectivity index (χ1) is 7.13. The molecule has 6 heteroatoms. The second-order valence-corrected chi connectivity index (χ2v) is 3.43. The van der Waals surface area contributed by atoms with Gasteiger partial charge in [-0.25, -0.2) is 4.98 Å². The van der Waals surface area contributed by atoms with E-state index in [0.717, 1.165) is 6.42 Å². The zero-order valence-electron chi connectivity index (χ0n) is 9.10. The molecule has 1 heterocycles. The Bertz CT molecular complexity index is 320. The summed E-state index contributed by atoms with van der Waals surface area (Å²) in [5.41, 5.74) is 5.62. The molecule has 3 N–H and O–H groups in total. The topological polar surface area (TPSA) is 85.8 Å². The van der Waals surface area contributed by atoms with E-state index in [1.165, 1.54) is 0 Å². The lowest BCUT2D eigenvalue weighted by Crippen LogP contribution is -2.18. The zero-order valence-corrected chi connectivity index (χ0v) is 9.10. The van der Waals surface area contributed by atoms with E-state index in [2.05, 4.69) is 15.4 Å². The molecule has 1 atom stereocenters. The molecular weight excluding hydrogens is 194 g/mol. The van der Waals surface area contributed by atoms with Crippen LogP contribution in [0.3, 0.4) is 0 Å². The lowest BCUT2D eigenvalue weighted by atomic mass is 10.3. The van der Waals surface area contributed by atoms with Crippen LogP contribution in [0.25, 0.3) is 0 Å². The Morgan fingerprint density at radius 3 is 3.00 bits per heavy atom. The average Bonchev–Trinajstić information content (AvgIpc) is 2.66. The number of nitrogens with one attached hydrogen (secondary N) is 1. The van der Waals surface area contributed by atoms with Gasteiger partial charge >= 0.3 is 0 Å². The highest BCUT2D eigenvalue weighted by atomic mass is 16.1. The SMILES string of the molecule is CNC(=O)CCCn1cnc(C(C)N)n1. The molecule has 0 saturated heterocycles. The smallest absolute Gasteiger partial charge is 0.219 e. The highest BCUT2D eigenvalue weighted by Crippen LogP contribution is 2.01. The number of aromatic nitrogens is 3. The molecule has 1 aromatic heterocycles. The molecule has 15 heavy (non-hydrogen) atoms. The van der Waals surface area contributed by atoms with Crippen molar-refractivity contribution in [3.63, 3.8) is 0 Å². The molecule has 0 aliphatic heterocycles. The minimum atomic E-state index is -0.148. The second-order valence-electron chi connectivity index (χ2n) is 3.43. The van der Waals surface area contributed by atoms with Gasteiger partial charge in [-0.3, -0.25) is 9.48 Å². The van der Waals surface area contributed by atoms with Gasteiger partial charge < -0.3 is 11.1 Å². The summed E-state index contributed by atoms with van der Waals surface area (Å²) in [6.07, 6.45) is 2.90. The molecule has 1 aromatic rings. The highest BCUT2D eigenvalue weighted by molar-refractivity contribution is 5.75. The molecule has 6 nitrogen and oxygen atoms in total. The fourth-order valence-electron chi connectivity index (χ4n) is 1.15. The third kappa shape index (κ3) is 3.67. The lowest BCUT2D eigenvalue weighted by Gasteiger charge is -2.00. The molecular formula is C9H17N5O. The third-order valence-electron chi connectivity index (χ3n) is 2.03. The fraction of sp³-hybridized carbons (Fsp3) is 0.667. The Labute approximate surface area is 88.9 Å². The fourth-order valence-corrected chi connectivity index (χ4v) is 1.15. The maximum Gasteiger partial charge on any atom is 0.219 e. The number of nitrogens with zero attached hydrogens (tertiary/aromatic N) is 3. The summed E-state index contributed by atoms with van der Waals surface area (Å²) >= 11 is 0. The number of hydrogen-bond donors (Lipinski definition) is 2. The third-order valence-corrected chi connectivity index (χ3v) is 2.03. The van der Waals surface area contributed by atoms with Gasteiger partial charge in [0.05, 0.1) is 6.04 Å². The van der Waals surface area contributed by atoms with Crippen LogP contribution in [0.2, 0.25) is 0 Å². The predicted octanol–water partition coefficient (Wildman–Crippen LogP) is -0.176. The summed E-state index contributed by atoms with van der Waals surface area (Å²) in [5, 5.41) is 6.75. The van der Waals surface area contributed by atoms with Crippen LogP contribution in [0.1, 0.15) is 31.6 Å². The molecule has 0 radical (unpaired) electrons. The van der Waals surface area contributed by atoms with Crippen molar-refractivity contribution < 1.29 is 4.79 Å². The van der Waals surface area contributed by atoms with Gasteiger partial charge in [0.2, 0.25) is 5.91 Å². The number of nitrogens with two attached hydrogens (primary N) is 1. The van der Waals surface area contributed by atoms with Gasteiger partial charge in [-0.2, -0.15) is 5.10 Å². The normalized spacial score (nSPS) is 12.5. The minimum absolute atomic E-state index is 0.0440. The van der Waals surface area contributed by atoms with Gasteiger partial charge in [-0.1, -0.05) is 0 Å². The highest BCUT2D eigenvalue weighted by Gasteiger charge is 2.05. The van der Waals surface area contributed by atoms with Gasteiger partial charge in [0.25, 0.3) is 0 Å². The standard InChI is InChI=1S/C9H17N5O/c1-7(10)9-12-6-14(13-9)5-3-4-8(15)11-2/h6-7H,3-5,10H2,1-2H3,(H,11,15). The number of aryl methyl sites for hydroxylation is 1. The predicted molar refractivity (Wildman–Crippen MR) is 55.9 cm³/mol. The van der Waals surface area contributed by atoms with E-state index < -0.39 is 0 Å². The van der Waals surface area contributed by atoms with Gasteiger partial charge in [0, 0.05) is 20.0 Å². The quantitative estimate of drug-likeness (QED) is 0.707. The molecule has 0 bridgehead atoms. The van der Waals surface area contributed by atoms with Crippen LogP contribution in [-0.4, -0.2) is 27.7 Å². The molecule has 84 valence electrons. The summed E-state index contributed by atoms with van der Waals surface area (Å²) < 4.78 is 1.71. The van der Waals surface area contributed by atoms with E-state index in [4.69, 9.17) is 5.73 Å². The first kappa shape index (κ1) is 11.6. The van der Waals surface area contributed by atoms with Crippen LogP contribution in [0.5, 0.6) is 0 Å². The van der Waals surface area contributed by atoms with Crippen molar-refractivity contribution in [2.45, 2.75) is 32.4 Å². The van der Waals surface area contributed by atoms with Gasteiger partial charge in [0.1, 0.15) is 6.33 Å². The zero-order chi connectivity index (χ0) is 11.3. The van der Waals surface area contributed by atoms with E-state index in [0.29, 0.717) is 18.8 Å². The Morgan fingerprint density at radius 1 is 1.73 bits per heavy atom. The van der Waals surface area contributed by atoms with Crippen LogP contribution < -0.4 is 11.1 Å². The summed E-state index contributed by atoms with van der Waals surface area (Å²) in [6, 6.07) is -0.148. The van der Waals surface area contributed by atoms with Crippen LogP contribution in [0.15, 0.2) is 6.33 Å². The molecule has 0 spiro atoms. The number of rotatable bonds is 5.